The summed E-state index contributed by atoms with van der Waals surface area (Å²) >= 11 is 0. The number of hydrogen-bond acceptors (Lipinski definition) is 6. The molecule has 8 heteroatoms. The molecule has 204 valence electrons. The van der Waals surface area contributed by atoms with Gasteiger partial charge >= 0.3 is 0 Å². The Morgan fingerprint density at radius 3 is 2.24 bits per heavy atom. The van der Waals surface area contributed by atoms with Gasteiger partial charge < -0.3 is 19.7 Å². The number of carbonyl (C=O) groups excluding carboxylic acids is 1. The normalized spacial score (nSPS) is 21.4. The molecule has 2 aliphatic rings. The molecule has 2 aliphatic heterocycles. The van der Waals surface area contributed by atoms with E-state index < -0.39 is 9.84 Å². The lowest BCUT2D eigenvalue weighted by molar-refractivity contribution is -0.141. The molecule has 0 saturated carbocycles. The maximum absolute atomic E-state index is 12.8. The van der Waals surface area contributed by atoms with Crippen molar-refractivity contribution < 1.29 is 22.7 Å². The van der Waals surface area contributed by atoms with Gasteiger partial charge in [0, 0.05) is 30.5 Å². The first kappa shape index (κ1) is 29.0. The number of hydrogen-bond donors (Lipinski definition) is 1. The maximum atomic E-state index is 12.8. The summed E-state index contributed by atoms with van der Waals surface area (Å²) in [6.07, 6.45) is 3.96. The Labute approximate surface area is 222 Å². The minimum absolute atomic E-state index is 0.0280. The van der Waals surface area contributed by atoms with E-state index in [1.807, 2.05) is 23.1 Å². The molecule has 0 spiro atoms. The van der Waals surface area contributed by atoms with E-state index in [4.69, 9.17) is 9.47 Å². The average Bonchev–Trinajstić information content (AvgIpc) is 2.85. The highest BCUT2D eigenvalue weighted by Gasteiger charge is 2.43. The van der Waals surface area contributed by atoms with Crippen LogP contribution in [0.5, 0.6) is 11.5 Å². The van der Waals surface area contributed by atoms with Crippen molar-refractivity contribution in [2.45, 2.75) is 82.3 Å². The zero-order chi connectivity index (χ0) is 27.5. The second-order valence-corrected chi connectivity index (χ2v) is 13.0. The molecule has 3 atom stereocenters. The van der Waals surface area contributed by atoms with Crippen molar-refractivity contribution in [3.63, 3.8) is 0 Å². The topological polar surface area (TPSA) is 84.9 Å². The molecule has 3 unspecified atom stereocenters. The lowest BCUT2D eigenvalue weighted by atomic mass is 9.84. The molecule has 37 heavy (non-hydrogen) atoms. The van der Waals surface area contributed by atoms with Crippen molar-refractivity contribution in [2.75, 3.05) is 27.0 Å². The first-order valence-electron chi connectivity index (χ1n) is 12.9. The summed E-state index contributed by atoms with van der Waals surface area (Å²) in [4.78, 5) is 15.2. The molecule has 1 amide bonds. The maximum Gasteiger partial charge on any atom is 0.240 e. The van der Waals surface area contributed by atoms with Gasteiger partial charge in [-0.1, -0.05) is 46.2 Å². The molecule has 1 fully saturated rings. The van der Waals surface area contributed by atoms with Crippen LogP contribution in [0.4, 0.5) is 0 Å². The molecular formula is C29H42N2O5S. The van der Waals surface area contributed by atoms with E-state index in [-0.39, 0.29) is 29.4 Å². The fourth-order valence-corrected chi connectivity index (χ4v) is 5.80. The molecule has 4 rings (SSSR count). The summed E-state index contributed by atoms with van der Waals surface area (Å²) < 4.78 is 33.4. The number of carbonyl (C=O) groups is 1. The second-order valence-electron chi connectivity index (χ2n) is 11.0. The number of sulfone groups is 1. The molecule has 2 aromatic rings. The zero-order valence-corrected chi connectivity index (χ0v) is 24.2. The van der Waals surface area contributed by atoms with Gasteiger partial charge in [-0.05, 0) is 54.5 Å². The smallest absolute Gasteiger partial charge is 0.240 e. The number of nitrogens with one attached hydrogen (secondary N) is 1. The highest BCUT2D eigenvalue weighted by atomic mass is 32.2. The first-order chi connectivity index (χ1) is 17.3. The fraction of sp³-hybridized carbons (Fsp3) is 0.552. The molecule has 0 bridgehead atoms. The van der Waals surface area contributed by atoms with E-state index in [1.54, 1.807) is 26.4 Å². The Balaban J connectivity index is 0.000000233. The van der Waals surface area contributed by atoms with Crippen LogP contribution in [0.15, 0.2) is 41.3 Å². The van der Waals surface area contributed by atoms with Crippen molar-refractivity contribution in [3.05, 3.63) is 53.1 Å². The third-order valence-electron chi connectivity index (χ3n) is 7.16. The van der Waals surface area contributed by atoms with Crippen LogP contribution in [0.1, 0.15) is 70.2 Å². The van der Waals surface area contributed by atoms with Gasteiger partial charge in [0.25, 0.3) is 0 Å². The minimum Gasteiger partial charge on any atom is -0.497 e. The van der Waals surface area contributed by atoms with Crippen molar-refractivity contribution in [3.8, 4) is 11.5 Å². The Bertz CT molecular complexity index is 1180. The van der Waals surface area contributed by atoms with Crippen LogP contribution in [-0.2, 0) is 26.5 Å². The van der Waals surface area contributed by atoms with Gasteiger partial charge in [-0.3, -0.25) is 4.79 Å². The Hall–Kier alpha value is -2.58. The number of rotatable bonds is 5. The first-order valence-corrected chi connectivity index (χ1v) is 14.8. The van der Waals surface area contributed by atoms with Gasteiger partial charge in [0.15, 0.2) is 9.84 Å². The number of ether oxygens (including phenoxy) is 2. The number of amides is 1. The van der Waals surface area contributed by atoms with Gasteiger partial charge in [0.1, 0.15) is 11.5 Å². The third kappa shape index (κ3) is 6.47. The molecule has 7 nitrogen and oxygen atoms in total. The highest BCUT2D eigenvalue weighted by molar-refractivity contribution is 7.90. The average molecular weight is 531 g/mol. The van der Waals surface area contributed by atoms with Crippen molar-refractivity contribution in [1.82, 2.24) is 10.2 Å². The predicted octanol–water partition coefficient (Wildman–Crippen LogP) is 4.68. The summed E-state index contributed by atoms with van der Waals surface area (Å²) in [6, 6.07) is 11.2. The molecule has 1 saturated heterocycles. The van der Waals surface area contributed by atoms with Crippen LogP contribution < -0.4 is 14.8 Å². The lowest BCUT2D eigenvalue weighted by Crippen LogP contribution is -2.61. The van der Waals surface area contributed by atoms with Crippen LogP contribution in [0.25, 0.3) is 0 Å². The summed E-state index contributed by atoms with van der Waals surface area (Å²) in [5, 5.41) is 3.51. The number of fused-ring (bicyclic) bond motifs is 3. The molecule has 0 radical (unpaired) electrons. The largest absolute Gasteiger partial charge is 0.497 e. The van der Waals surface area contributed by atoms with Gasteiger partial charge in [-0.25, -0.2) is 8.42 Å². The number of nitrogens with zero attached hydrogens (tertiary/aromatic N) is 1. The van der Waals surface area contributed by atoms with Crippen LogP contribution in [-0.4, -0.2) is 58.3 Å². The fourth-order valence-electron chi connectivity index (χ4n) is 5.17. The predicted molar refractivity (Wildman–Crippen MR) is 147 cm³/mol. The quantitative estimate of drug-likeness (QED) is 0.604. The summed E-state index contributed by atoms with van der Waals surface area (Å²) in [5.41, 5.74) is 3.56. The molecule has 1 N–H and O–H groups in total. The van der Waals surface area contributed by atoms with Crippen molar-refractivity contribution in [2.24, 2.45) is 0 Å². The molecule has 2 heterocycles. The van der Waals surface area contributed by atoms with Gasteiger partial charge in [-0.2, -0.15) is 0 Å². The lowest BCUT2D eigenvalue weighted by Gasteiger charge is -2.47. The van der Waals surface area contributed by atoms with E-state index in [2.05, 4.69) is 46.0 Å². The van der Waals surface area contributed by atoms with E-state index in [1.165, 1.54) is 11.8 Å². The van der Waals surface area contributed by atoms with Gasteiger partial charge in [0.2, 0.25) is 5.91 Å². The van der Waals surface area contributed by atoms with E-state index in [0.29, 0.717) is 4.90 Å². The van der Waals surface area contributed by atoms with Crippen molar-refractivity contribution >= 4 is 15.7 Å². The van der Waals surface area contributed by atoms with Gasteiger partial charge in [-0.15, -0.1) is 0 Å². The van der Waals surface area contributed by atoms with Crippen LogP contribution in [0.2, 0.25) is 0 Å². The molecule has 2 aromatic carbocycles. The third-order valence-corrected chi connectivity index (χ3v) is 8.28. The van der Waals surface area contributed by atoms with Crippen molar-refractivity contribution in [1.29, 1.82) is 0 Å². The summed E-state index contributed by atoms with van der Waals surface area (Å²) in [7, 11) is 0.279. The molecule has 0 aromatic heterocycles. The number of methoxy groups -OCH3 is 2. The standard InChI is InChI=1S/C18H26N2O3.C11H16O2S/c1-5-6-14-18(21)20-8-7-12-9-13(22-3)10-15(23-4)16(12)17(20)11(2)19-14;1-11(2,3)9-5-7-10(8-6-9)14(4,12)13/h9-11,14,17,19H,5-8H2,1-4H3;5-8H,1-4H3. The van der Waals surface area contributed by atoms with Gasteiger partial charge in [0.05, 0.1) is 31.2 Å². The summed E-state index contributed by atoms with van der Waals surface area (Å²) in [5.74, 6) is 1.84. The second kappa shape index (κ2) is 11.4. The van der Waals surface area contributed by atoms with Crippen LogP contribution in [0.3, 0.4) is 0 Å². The summed E-state index contributed by atoms with van der Waals surface area (Å²) in [6.45, 7) is 11.3. The Kier molecular flexibility index (Phi) is 8.96. The SMILES string of the molecule is CC(C)(C)c1ccc(S(C)(=O)=O)cc1.CCCC1NC(C)C2c3c(cc(OC)cc3OC)CCN2C1=O. The Morgan fingerprint density at radius 1 is 1.08 bits per heavy atom. The van der Waals surface area contributed by atoms with E-state index >= 15 is 0 Å². The highest BCUT2D eigenvalue weighted by Crippen LogP contribution is 2.42. The molecule has 0 aliphatic carbocycles. The monoisotopic (exact) mass is 530 g/mol. The minimum atomic E-state index is -3.07. The molecular weight excluding hydrogens is 488 g/mol. The number of benzene rings is 2. The van der Waals surface area contributed by atoms with Crippen LogP contribution >= 0.6 is 0 Å². The van der Waals surface area contributed by atoms with E-state index in [9.17, 15) is 13.2 Å². The number of piperazine rings is 1. The zero-order valence-electron chi connectivity index (χ0n) is 23.4. The van der Waals surface area contributed by atoms with E-state index in [0.717, 1.165) is 48.4 Å². The Morgan fingerprint density at radius 2 is 1.73 bits per heavy atom. The van der Waals surface area contributed by atoms with Crippen LogP contribution in [0, 0.1) is 0 Å².